The quantitative estimate of drug-likeness (QED) is 0.802. The van der Waals surface area contributed by atoms with Crippen molar-refractivity contribution in [1.82, 2.24) is 9.21 Å². The number of likely N-dealkylation sites (tertiary alicyclic amines) is 1. The zero-order valence-corrected chi connectivity index (χ0v) is 13.9. The van der Waals surface area contributed by atoms with Gasteiger partial charge in [0.25, 0.3) is 0 Å². The molecule has 0 aromatic rings. The molecule has 7 nitrogen and oxygen atoms in total. The molecule has 1 amide bonds. The second-order valence-corrected chi connectivity index (χ2v) is 8.47. The van der Waals surface area contributed by atoms with E-state index in [0.29, 0.717) is 32.4 Å². The molecule has 2 aliphatic rings. The van der Waals surface area contributed by atoms with Crippen LogP contribution in [0.3, 0.4) is 0 Å². The Morgan fingerprint density at radius 1 is 1.18 bits per heavy atom. The first-order valence-corrected chi connectivity index (χ1v) is 9.36. The first-order chi connectivity index (χ1) is 10.2. The standard InChI is InChI=1S/C14H24N2O5S/c1-10(2)12(16-7-4-8-22(16,20)21)13(17)15-6-3-5-11(9-15)14(18)19/h10-12H,3-9H2,1-2H3,(H,18,19)/t11-,12?/m0/s1. The van der Waals surface area contributed by atoms with Crippen molar-refractivity contribution >= 4 is 21.9 Å². The SMILES string of the molecule is CC(C)C(C(=O)N1CCC[C@H](C(=O)O)C1)N1CCCS1(=O)=O. The molecular formula is C14H24N2O5S. The van der Waals surface area contributed by atoms with E-state index in [9.17, 15) is 18.0 Å². The normalized spacial score (nSPS) is 27.0. The lowest BCUT2D eigenvalue weighted by molar-refractivity contribution is -0.147. The lowest BCUT2D eigenvalue weighted by atomic mass is 9.95. The number of hydrogen-bond donors (Lipinski definition) is 1. The van der Waals surface area contributed by atoms with Crippen molar-refractivity contribution in [2.24, 2.45) is 11.8 Å². The Morgan fingerprint density at radius 3 is 2.36 bits per heavy atom. The smallest absolute Gasteiger partial charge is 0.308 e. The lowest BCUT2D eigenvalue weighted by Gasteiger charge is -2.37. The minimum Gasteiger partial charge on any atom is -0.481 e. The van der Waals surface area contributed by atoms with Crippen LogP contribution in [0.15, 0.2) is 0 Å². The first kappa shape index (κ1) is 17.2. The maximum atomic E-state index is 12.8. The van der Waals surface area contributed by atoms with Crippen LogP contribution in [0.4, 0.5) is 0 Å². The zero-order valence-electron chi connectivity index (χ0n) is 13.1. The average molecular weight is 332 g/mol. The molecule has 22 heavy (non-hydrogen) atoms. The summed E-state index contributed by atoms with van der Waals surface area (Å²) in [6.45, 7) is 4.70. The van der Waals surface area contributed by atoms with Crippen molar-refractivity contribution in [2.75, 3.05) is 25.4 Å². The molecule has 1 N–H and O–H groups in total. The molecule has 2 saturated heterocycles. The summed E-state index contributed by atoms with van der Waals surface area (Å²) >= 11 is 0. The monoisotopic (exact) mass is 332 g/mol. The number of carboxylic acids is 1. The third-order valence-corrected chi connectivity index (χ3v) is 6.34. The van der Waals surface area contributed by atoms with Gasteiger partial charge in [0, 0.05) is 19.6 Å². The van der Waals surface area contributed by atoms with Crippen LogP contribution in [-0.2, 0) is 19.6 Å². The summed E-state index contributed by atoms with van der Waals surface area (Å²) in [4.78, 5) is 25.5. The molecule has 1 unspecified atom stereocenters. The number of carbonyl (C=O) groups is 2. The zero-order chi connectivity index (χ0) is 16.5. The molecule has 0 spiro atoms. The molecule has 2 atom stereocenters. The van der Waals surface area contributed by atoms with Crippen LogP contribution in [0.25, 0.3) is 0 Å². The number of hydrogen-bond acceptors (Lipinski definition) is 4. The van der Waals surface area contributed by atoms with Crippen molar-refractivity contribution < 1.29 is 23.1 Å². The minimum atomic E-state index is -3.38. The lowest BCUT2D eigenvalue weighted by Crippen LogP contribution is -2.54. The molecule has 8 heteroatoms. The van der Waals surface area contributed by atoms with Gasteiger partial charge in [-0.1, -0.05) is 13.8 Å². The predicted octanol–water partition coefficient (Wildman–Crippen LogP) is 0.370. The number of aliphatic carboxylic acids is 1. The van der Waals surface area contributed by atoms with Crippen molar-refractivity contribution in [3.8, 4) is 0 Å². The predicted molar refractivity (Wildman–Crippen MR) is 80.7 cm³/mol. The largest absolute Gasteiger partial charge is 0.481 e. The number of carboxylic acid groups (broad SMARTS) is 1. The fraction of sp³-hybridized carbons (Fsp3) is 0.857. The summed E-state index contributed by atoms with van der Waals surface area (Å²) in [5.74, 6) is -1.77. The van der Waals surface area contributed by atoms with Crippen molar-refractivity contribution in [2.45, 2.75) is 39.2 Å². The topological polar surface area (TPSA) is 95.0 Å². The molecule has 0 saturated carbocycles. The minimum absolute atomic E-state index is 0.0846. The Hall–Kier alpha value is -1.15. The van der Waals surface area contributed by atoms with E-state index in [4.69, 9.17) is 5.11 Å². The van der Waals surface area contributed by atoms with Gasteiger partial charge >= 0.3 is 5.97 Å². The van der Waals surface area contributed by atoms with Crippen molar-refractivity contribution in [3.05, 3.63) is 0 Å². The number of amides is 1. The van der Waals surface area contributed by atoms with Gasteiger partial charge in [0.15, 0.2) is 0 Å². The van der Waals surface area contributed by atoms with Gasteiger partial charge in [-0.15, -0.1) is 0 Å². The van der Waals surface area contributed by atoms with E-state index in [-0.39, 0.29) is 24.1 Å². The molecule has 0 aromatic carbocycles. The van der Waals surface area contributed by atoms with Crippen LogP contribution in [0.5, 0.6) is 0 Å². The van der Waals surface area contributed by atoms with Crippen LogP contribution in [0, 0.1) is 11.8 Å². The number of sulfonamides is 1. The Bertz CT molecular complexity index is 545. The molecule has 0 aromatic heterocycles. The molecule has 126 valence electrons. The van der Waals surface area contributed by atoms with Crippen LogP contribution in [0.1, 0.15) is 33.1 Å². The summed E-state index contributed by atoms with van der Waals surface area (Å²) in [7, 11) is -3.38. The molecule has 2 fully saturated rings. The van der Waals surface area contributed by atoms with Crippen LogP contribution in [-0.4, -0.2) is 66.0 Å². The summed E-state index contributed by atoms with van der Waals surface area (Å²) in [6, 6.07) is -0.722. The Kier molecular flexibility index (Phi) is 5.11. The molecule has 0 aliphatic carbocycles. The van der Waals surface area contributed by atoms with E-state index >= 15 is 0 Å². The molecule has 0 bridgehead atoms. The number of carbonyl (C=O) groups excluding carboxylic acids is 1. The second-order valence-electron chi connectivity index (χ2n) is 6.43. The number of rotatable bonds is 4. The van der Waals surface area contributed by atoms with E-state index in [1.54, 1.807) is 0 Å². The highest BCUT2D eigenvalue weighted by molar-refractivity contribution is 7.89. The third kappa shape index (κ3) is 3.43. The molecular weight excluding hydrogens is 308 g/mol. The Labute approximate surface area is 131 Å². The van der Waals surface area contributed by atoms with Gasteiger partial charge < -0.3 is 10.0 Å². The highest BCUT2D eigenvalue weighted by Gasteiger charge is 2.42. The fourth-order valence-electron chi connectivity index (χ4n) is 3.28. The molecule has 0 radical (unpaired) electrons. The molecule has 2 heterocycles. The summed E-state index contributed by atoms with van der Waals surface area (Å²) in [6.07, 6.45) is 1.74. The Morgan fingerprint density at radius 2 is 1.86 bits per heavy atom. The van der Waals surface area contributed by atoms with E-state index in [2.05, 4.69) is 0 Å². The maximum Gasteiger partial charge on any atom is 0.308 e. The molecule has 2 rings (SSSR count). The highest BCUT2D eigenvalue weighted by atomic mass is 32.2. The van der Waals surface area contributed by atoms with Gasteiger partial charge in [0.2, 0.25) is 15.9 Å². The number of nitrogens with zero attached hydrogens (tertiary/aromatic N) is 2. The summed E-state index contributed by atoms with van der Waals surface area (Å²) in [5.41, 5.74) is 0. The number of piperidine rings is 1. The third-order valence-electron chi connectivity index (χ3n) is 4.42. The maximum absolute atomic E-state index is 12.8. The average Bonchev–Trinajstić information content (AvgIpc) is 2.78. The van der Waals surface area contributed by atoms with Gasteiger partial charge in [0.05, 0.1) is 11.7 Å². The van der Waals surface area contributed by atoms with Crippen LogP contribution >= 0.6 is 0 Å². The van der Waals surface area contributed by atoms with Gasteiger partial charge in [-0.2, -0.15) is 4.31 Å². The van der Waals surface area contributed by atoms with E-state index < -0.39 is 28.0 Å². The fourth-order valence-corrected chi connectivity index (χ4v) is 5.09. The highest BCUT2D eigenvalue weighted by Crippen LogP contribution is 2.26. The van der Waals surface area contributed by atoms with Crippen molar-refractivity contribution in [3.63, 3.8) is 0 Å². The van der Waals surface area contributed by atoms with Crippen LogP contribution in [0.2, 0.25) is 0 Å². The van der Waals surface area contributed by atoms with Gasteiger partial charge in [-0.3, -0.25) is 9.59 Å². The van der Waals surface area contributed by atoms with Gasteiger partial charge in [-0.05, 0) is 25.2 Å². The second kappa shape index (κ2) is 6.54. The molecule has 2 aliphatic heterocycles. The van der Waals surface area contributed by atoms with E-state index in [0.717, 1.165) is 0 Å². The van der Waals surface area contributed by atoms with Crippen molar-refractivity contribution in [1.29, 1.82) is 0 Å². The van der Waals surface area contributed by atoms with Gasteiger partial charge in [0.1, 0.15) is 6.04 Å². The van der Waals surface area contributed by atoms with Gasteiger partial charge in [-0.25, -0.2) is 8.42 Å². The first-order valence-electron chi connectivity index (χ1n) is 7.75. The Balaban J connectivity index is 2.18. The van der Waals surface area contributed by atoms with Crippen LogP contribution < -0.4 is 0 Å². The summed E-state index contributed by atoms with van der Waals surface area (Å²) in [5, 5.41) is 9.14. The van der Waals surface area contributed by atoms with E-state index in [1.165, 1.54) is 9.21 Å². The summed E-state index contributed by atoms with van der Waals surface area (Å²) < 4.78 is 25.6. The van der Waals surface area contributed by atoms with E-state index in [1.807, 2.05) is 13.8 Å².